The van der Waals surface area contributed by atoms with Gasteiger partial charge in [-0.05, 0) is 23.3 Å². The Hall–Kier alpha value is -2.93. The van der Waals surface area contributed by atoms with Gasteiger partial charge in [-0.3, -0.25) is 0 Å². The zero-order valence-corrected chi connectivity index (χ0v) is 12.9. The first-order valence-electron chi connectivity index (χ1n) is 7.92. The fraction of sp³-hybridized carbons (Fsp3) is 0.0455. The molecule has 23 heavy (non-hydrogen) atoms. The van der Waals surface area contributed by atoms with E-state index in [0.717, 1.165) is 6.54 Å². The first-order valence-corrected chi connectivity index (χ1v) is 7.92. The second-order valence-corrected chi connectivity index (χ2v) is 5.72. The Morgan fingerprint density at radius 3 is 2.48 bits per heavy atom. The molecule has 0 aliphatic carbocycles. The summed E-state index contributed by atoms with van der Waals surface area (Å²) in [6.07, 6.45) is 8.67. The maximum Gasteiger partial charge on any atom is 0.213 e. The molecule has 0 N–H and O–H groups in total. The quantitative estimate of drug-likeness (QED) is 0.480. The van der Waals surface area contributed by atoms with Crippen LogP contribution in [0.1, 0.15) is 22.4 Å². The molecule has 0 amide bonds. The van der Waals surface area contributed by atoms with Crippen LogP contribution in [0.3, 0.4) is 0 Å². The summed E-state index contributed by atoms with van der Waals surface area (Å²) < 4.78 is 2.31. The molecule has 0 saturated heterocycles. The van der Waals surface area contributed by atoms with Gasteiger partial charge in [0.15, 0.2) is 12.7 Å². The van der Waals surface area contributed by atoms with E-state index in [1.165, 1.54) is 28.0 Å². The monoisotopic (exact) mass is 296 g/mol. The zero-order chi connectivity index (χ0) is 15.5. The maximum absolute atomic E-state index is 2.31. The predicted octanol–water partition coefficient (Wildman–Crippen LogP) is 4.48. The van der Waals surface area contributed by atoms with Gasteiger partial charge in [0, 0.05) is 17.7 Å². The van der Waals surface area contributed by atoms with Crippen molar-refractivity contribution < 1.29 is 4.57 Å². The highest BCUT2D eigenvalue weighted by Gasteiger charge is 2.24. The Morgan fingerprint density at radius 1 is 0.783 bits per heavy atom. The van der Waals surface area contributed by atoms with Crippen molar-refractivity contribution in [1.82, 2.24) is 0 Å². The molecule has 1 nitrogen and oxygen atoms in total. The van der Waals surface area contributed by atoms with Crippen LogP contribution in [0.4, 0.5) is 0 Å². The number of pyridine rings is 1. The summed E-state index contributed by atoms with van der Waals surface area (Å²) >= 11 is 0. The third-order valence-electron chi connectivity index (χ3n) is 4.22. The van der Waals surface area contributed by atoms with E-state index in [9.17, 15) is 0 Å². The lowest BCUT2D eigenvalue weighted by atomic mass is 9.92. The average molecular weight is 296 g/mol. The molecule has 110 valence electrons. The van der Waals surface area contributed by atoms with Crippen molar-refractivity contribution in [1.29, 1.82) is 0 Å². The topological polar surface area (TPSA) is 3.88 Å². The van der Waals surface area contributed by atoms with Crippen LogP contribution in [0.5, 0.6) is 0 Å². The lowest BCUT2D eigenvalue weighted by Gasteiger charge is -2.16. The van der Waals surface area contributed by atoms with Gasteiger partial charge < -0.3 is 0 Å². The molecule has 2 heterocycles. The van der Waals surface area contributed by atoms with Crippen molar-refractivity contribution in [2.75, 3.05) is 0 Å². The van der Waals surface area contributed by atoms with Gasteiger partial charge in [0.05, 0.1) is 5.57 Å². The molecule has 0 fully saturated rings. The average Bonchev–Trinajstić information content (AvgIpc) is 2.62. The molecule has 1 aliphatic heterocycles. The van der Waals surface area contributed by atoms with Crippen molar-refractivity contribution in [3.63, 3.8) is 0 Å². The van der Waals surface area contributed by atoms with Crippen LogP contribution in [-0.4, -0.2) is 0 Å². The first kappa shape index (κ1) is 13.7. The summed E-state index contributed by atoms with van der Waals surface area (Å²) in [5, 5.41) is 0. The van der Waals surface area contributed by atoms with E-state index in [1.54, 1.807) is 0 Å². The number of nitrogens with zero attached hydrogens (tertiary/aromatic N) is 1. The molecular weight excluding hydrogens is 278 g/mol. The van der Waals surface area contributed by atoms with Crippen molar-refractivity contribution in [2.24, 2.45) is 0 Å². The third kappa shape index (κ3) is 2.74. The molecule has 3 aromatic rings. The van der Waals surface area contributed by atoms with Crippen molar-refractivity contribution >= 4 is 11.6 Å². The molecule has 1 aromatic heterocycles. The summed E-state index contributed by atoms with van der Waals surface area (Å²) in [7, 11) is 0. The molecule has 0 spiro atoms. The van der Waals surface area contributed by atoms with Crippen LogP contribution in [0.15, 0.2) is 91.1 Å². The van der Waals surface area contributed by atoms with Crippen molar-refractivity contribution in [3.8, 4) is 0 Å². The van der Waals surface area contributed by atoms with Gasteiger partial charge in [0.2, 0.25) is 5.69 Å². The van der Waals surface area contributed by atoms with Gasteiger partial charge >= 0.3 is 0 Å². The van der Waals surface area contributed by atoms with Crippen LogP contribution in [0.25, 0.3) is 11.6 Å². The van der Waals surface area contributed by atoms with Gasteiger partial charge in [-0.15, -0.1) is 0 Å². The van der Waals surface area contributed by atoms with E-state index in [0.29, 0.717) is 0 Å². The van der Waals surface area contributed by atoms with Crippen LogP contribution in [-0.2, 0) is 6.54 Å². The highest BCUT2D eigenvalue weighted by molar-refractivity contribution is 5.81. The smallest absolute Gasteiger partial charge is 0.194 e. The van der Waals surface area contributed by atoms with Crippen LogP contribution < -0.4 is 4.57 Å². The third-order valence-corrected chi connectivity index (χ3v) is 4.22. The second-order valence-electron chi connectivity index (χ2n) is 5.72. The van der Waals surface area contributed by atoms with Gasteiger partial charge in [0.25, 0.3) is 0 Å². The molecular formula is C22H18N+. The summed E-state index contributed by atoms with van der Waals surface area (Å²) in [6, 6.07) is 25.5. The normalized spacial score (nSPS) is 14.7. The van der Waals surface area contributed by atoms with E-state index in [4.69, 9.17) is 0 Å². The summed E-state index contributed by atoms with van der Waals surface area (Å²) in [6.45, 7) is 0.937. The number of hydrogen-bond acceptors (Lipinski definition) is 0. The molecule has 2 aromatic carbocycles. The number of allylic oxidation sites excluding steroid dienone is 2. The highest BCUT2D eigenvalue weighted by atomic mass is 15.0. The molecule has 0 atom stereocenters. The van der Waals surface area contributed by atoms with E-state index in [2.05, 4.69) is 95.7 Å². The molecule has 1 aliphatic rings. The van der Waals surface area contributed by atoms with Gasteiger partial charge in [-0.2, -0.15) is 4.57 Å². The molecule has 1 heteroatoms. The zero-order valence-electron chi connectivity index (χ0n) is 12.9. The Bertz CT molecular complexity index is 841. The Kier molecular flexibility index (Phi) is 3.61. The van der Waals surface area contributed by atoms with Crippen molar-refractivity contribution in [2.45, 2.75) is 6.54 Å². The molecule has 0 radical (unpaired) electrons. The van der Waals surface area contributed by atoms with Gasteiger partial charge in [0.1, 0.15) is 0 Å². The number of aromatic nitrogens is 1. The van der Waals surface area contributed by atoms with Crippen LogP contribution >= 0.6 is 0 Å². The lowest BCUT2D eigenvalue weighted by molar-refractivity contribution is -0.691. The summed E-state index contributed by atoms with van der Waals surface area (Å²) in [5.41, 5.74) is 6.46. The summed E-state index contributed by atoms with van der Waals surface area (Å²) in [4.78, 5) is 0. The minimum absolute atomic E-state index is 0.937. The maximum atomic E-state index is 2.31. The molecule has 0 unspecified atom stereocenters. The fourth-order valence-corrected chi connectivity index (χ4v) is 3.10. The van der Waals surface area contributed by atoms with E-state index >= 15 is 0 Å². The lowest BCUT2D eigenvalue weighted by Crippen LogP contribution is -2.41. The molecule has 4 rings (SSSR count). The second kappa shape index (κ2) is 6.05. The number of hydrogen-bond donors (Lipinski definition) is 0. The van der Waals surface area contributed by atoms with Gasteiger partial charge in [-0.1, -0.05) is 66.7 Å². The standard InChI is InChI=1S/C22H18N/c1-2-9-18(10-3-1)11-8-14-21-20-13-5-4-12-19(20)17-23-16-7-6-15-22(21)23/h1-16H,17H2/q+1/b11-8+,21-14-. The van der Waals surface area contributed by atoms with Gasteiger partial charge in [-0.25, -0.2) is 0 Å². The number of benzene rings is 2. The largest absolute Gasteiger partial charge is 0.213 e. The number of fused-ring (bicyclic) bond motifs is 2. The fourth-order valence-electron chi connectivity index (χ4n) is 3.10. The SMILES string of the molecule is C(/C=C/c1ccccc1)=C1\c2ccccc2C[n+]2ccccc21. The van der Waals surface area contributed by atoms with Crippen molar-refractivity contribution in [3.05, 3.63) is 114 Å². The highest BCUT2D eigenvalue weighted by Crippen LogP contribution is 2.28. The minimum Gasteiger partial charge on any atom is -0.194 e. The van der Waals surface area contributed by atoms with E-state index in [-0.39, 0.29) is 0 Å². The Morgan fingerprint density at radius 2 is 1.57 bits per heavy atom. The number of rotatable bonds is 2. The van der Waals surface area contributed by atoms with E-state index < -0.39 is 0 Å². The van der Waals surface area contributed by atoms with E-state index in [1.807, 2.05) is 6.07 Å². The Balaban J connectivity index is 1.78. The first-order chi connectivity index (χ1) is 11.4. The Labute approximate surface area is 136 Å². The molecule has 0 saturated carbocycles. The predicted molar refractivity (Wildman–Crippen MR) is 94.7 cm³/mol. The minimum atomic E-state index is 0.937. The van der Waals surface area contributed by atoms with Crippen LogP contribution in [0, 0.1) is 0 Å². The summed E-state index contributed by atoms with van der Waals surface area (Å²) in [5.74, 6) is 0. The molecule has 0 bridgehead atoms. The van der Waals surface area contributed by atoms with Crippen LogP contribution in [0.2, 0.25) is 0 Å².